The average Bonchev–Trinajstić information content (AvgIpc) is 3.28. The van der Waals surface area contributed by atoms with Gasteiger partial charge >= 0.3 is 6.03 Å². The van der Waals surface area contributed by atoms with Crippen LogP contribution in [0, 0.1) is 5.92 Å². The number of amides is 2. The quantitative estimate of drug-likeness (QED) is 0.0972. The number of aliphatic hydroxyl groups excluding tert-OH is 1. The van der Waals surface area contributed by atoms with Gasteiger partial charge in [-0.2, -0.15) is 0 Å². The zero-order valence-electron chi connectivity index (χ0n) is 33.5. The molecule has 0 saturated carbocycles. The molecule has 0 bridgehead atoms. The van der Waals surface area contributed by atoms with Crippen LogP contribution in [0.3, 0.4) is 0 Å². The minimum Gasteiger partial charge on any atom is -0.457 e. The number of urea groups is 1. The number of carbonyl (C=O) groups is 1. The molecule has 9 nitrogen and oxygen atoms in total. The number of hydrogen-bond acceptors (Lipinski definition) is 7. The van der Waals surface area contributed by atoms with Crippen molar-refractivity contribution in [3.05, 3.63) is 184 Å². The molecule has 60 heavy (non-hydrogen) atoms. The van der Waals surface area contributed by atoms with Crippen molar-refractivity contribution < 1.29 is 29.2 Å². The molecule has 6 aromatic rings. The van der Waals surface area contributed by atoms with Crippen LogP contribution in [0.5, 0.6) is 11.5 Å². The molecule has 2 saturated heterocycles. The minimum atomic E-state index is -0.894. The van der Waals surface area contributed by atoms with E-state index in [0.29, 0.717) is 42.4 Å². The molecule has 6 aromatic carbocycles. The van der Waals surface area contributed by atoms with Crippen LogP contribution in [0.15, 0.2) is 152 Å². The molecular weight excluding hydrogens is 774 g/mol. The Morgan fingerprint density at radius 1 is 0.767 bits per heavy atom. The third-order valence-corrected chi connectivity index (χ3v) is 11.8. The molecule has 0 unspecified atom stereocenters. The Bertz CT molecular complexity index is 2330. The molecule has 0 radical (unpaired) electrons. The van der Waals surface area contributed by atoms with Gasteiger partial charge in [0.2, 0.25) is 0 Å². The first-order valence-electron chi connectivity index (χ1n) is 20.5. The Labute approximate surface area is 356 Å². The Kier molecular flexibility index (Phi) is 12.9. The molecule has 0 aliphatic carbocycles. The fraction of sp³-hybridized carbons (Fsp3) is 0.260. The Balaban J connectivity index is 0.932. The largest absolute Gasteiger partial charge is 0.457 e. The number of piperidine rings is 1. The van der Waals surface area contributed by atoms with E-state index in [4.69, 9.17) is 25.8 Å². The summed E-state index contributed by atoms with van der Waals surface area (Å²) in [7, 11) is 0. The highest BCUT2D eigenvalue weighted by molar-refractivity contribution is 6.30. The van der Waals surface area contributed by atoms with Crippen LogP contribution < -0.4 is 15.4 Å². The van der Waals surface area contributed by atoms with Crippen LogP contribution in [0.1, 0.15) is 60.0 Å². The first-order chi connectivity index (χ1) is 29.2. The van der Waals surface area contributed by atoms with Gasteiger partial charge in [0.15, 0.2) is 6.29 Å². The number of anilines is 1. The maximum absolute atomic E-state index is 12.9. The summed E-state index contributed by atoms with van der Waals surface area (Å²) in [6.07, 6.45) is 0.196. The van der Waals surface area contributed by atoms with Crippen molar-refractivity contribution in [2.75, 3.05) is 25.0 Å². The lowest BCUT2D eigenvalue weighted by Gasteiger charge is -2.45. The molecule has 10 heteroatoms. The highest BCUT2D eigenvalue weighted by Crippen LogP contribution is 2.43. The summed E-state index contributed by atoms with van der Waals surface area (Å²) in [6, 6.07) is 48.3. The van der Waals surface area contributed by atoms with E-state index in [0.717, 1.165) is 57.8 Å². The van der Waals surface area contributed by atoms with Crippen molar-refractivity contribution in [3.63, 3.8) is 0 Å². The number of likely N-dealkylation sites (tertiary alicyclic amines) is 1. The summed E-state index contributed by atoms with van der Waals surface area (Å²) in [5, 5.41) is 27.8. The fourth-order valence-electron chi connectivity index (χ4n) is 8.05. The Hall–Kier alpha value is -5.52. The zero-order chi connectivity index (χ0) is 41.5. The fourth-order valence-corrected chi connectivity index (χ4v) is 8.18. The van der Waals surface area contributed by atoms with Gasteiger partial charge in [0.25, 0.3) is 0 Å². The topological polar surface area (TPSA) is 113 Å². The minimum absolute atomic E-state index is 0.0230. The number of rotatable bonds is 12. The first kappa shape index (κ1) is 41.2. The van der Waals surface area contributed by atoms with Crippen LogP contribution in [-0.4, -0.2) is 46.9 Å². The van der Waals surface area contributed by atoms with Crippen molar-refractivity contribution in [1.82, 2.24) is 10.2 Å². The molecule has 0 spiro atoms. The highest BCUT2D eigenvalue weighted by Gasteiger charge is 2.41. The van der Waals surface area contributed by atoms with Crippen LogP contribution in [0.2, 0.25) is 5.02 Å². The van der Waals surface area contributed by atoms with Crippen molar-refractivity contribution >= 4 is 23.3 Å². The number of para-hydroxylation sites is 1. The lowest BCUT2D eigenvalue weighted by molar-refractivity contribution is -0.277. The standard InChI is InChI=1S/C50H50ClN3O6/c1-34-46(32-54-27-25-50(57,26-28-54)41-17-19-42(51)20-18-41)59-48(60-47(34)37-15-13-35(33-55)14-16-37)40-10-6-9-39(30-40)38-8-5-7-36(29-38)31-52-49(56)53-43-21-23-45(24-22-43)58-44-11-3-2-4-12-44/h2-24,29-30,34,46-48,55,57H,25-28,31-33H2,1H3,(H2,52,53,56)/t34-,46+,47+,48+/m1/s1. The van der Waals surface area contributed by atoms with Crippen LogP contribution >= 0.6 is 11.6 Å². The van der Waals surface area contributed by atoms with Gasteiger partial charge in [-0.25, -0.2) is 4.79 Å². The number of hydrogen-bond donors (Lipinski definition) is 4. The van der Waals surface area contributed by atoms with E-state index in [1.807, 2.05) is 115 Å². The molecular formula is C50H50ClN3O6. The normalized spacial score (nSPS) is 20.3. The van der Waals surface area contributed by atoms with Crippen LogP contribution in [-0.2, 0) is 28.2 Å². The second kappa shape index (κ2) is 18.8. The van der Waals surface area contributed by atoms with Gasteiger partial charge < -0.3 is 40.0 Å². The van der Waals surface area contributed by atoms with Gasteiger partial charge in [-0.15, -0.1) is 0 Å². The van der Waals surface area contributed by atoms with E-state index in [2.05, 4.69) is 46.7 Å². The second-order valence-corrected chi connectivity index (χ2v) is 16.2. The van der Waals surface area contributed by atoms with E-state index in [9.17, 15) is 15.0 Å². The van der Waals surface area contributed by atoms with Crippen LogP contribution in [0.4, 0.5) is 10.5 Å². The summed E-state index contributed by atoms with van der Waals surface area (Å²) < 4.78 is 19.5. The molecule has 4 atom stereocenters. The second-order valence-electron chi connectivity index (χ2n) is 15.7. The van der Waals surface area contributed by atoms with Gasteiger partial charge in [-0.1, -0.05) is 110 Å². The summed E-state index contributed by atoms with van der Waals surface area (Å²) >= 11 is 6.13. The molecule has 2 amide bonds. The first-order valence-corrected chi connectivity index (χ1v) is 20.9. The van der Waals surface area contributed by atoms with E-state index >= 15 is 0 Å². The average molecular weight is 824 g/mol. The van der Waals surface area contributed by atoms with Crippen molar-refractivity contribution in [1.29, 1.82) is 0 Å². The molecule has 2 aliphatic rings. The number of ether oxygens (including phenoxy) is 3. The summed E-state index contributed by atoms with van der Waals surface area (Å²) in [5.74, 6) is 1.45. The van der Waals surface area contributed by atoms with Crippen molar-refractivity contribution in [3.8, 4) is 22.6 Å². The smallest absolute Gasteiger partial charge is 0.319 e. The number of carbonyl (C=O) groups excluding carboxylic acids is 1. The Morgan fingerprint density at radius 2 is 1.45 bits per heavy atom. The van der Waals surface area contributed by atoms with E-state index in [1.165, 1.54) is 0 Å². The van der Waals surface area contributed by atoms with Gasteiger partial charge in [0.05, 0.1) is 24.4 Å². The lowest BCUT2D eigenvalue weighted by atomic mass is 9.84. The lowest BCUT2D eigenvalue weighted by Crippen LogP contribution is -2.49. The van der Waals surface area contributed by atoms with Gasteiger partial charge in [-0.3, -0.25) is 0 Å². The third-order valence-electron chi connectivity index (χ3n) is 11.6. The SMILES string of the molecule is C[C@@H]1[C@H](CN2CCC(O)(c3ccc(Cl)cc3)CC2)O[C@H](c2cccc(-c3cccc(CNC(=O)Nc4ccc(Oc5ccccc5)cc4)c3)c2)O[C@@H]1c1ccc(CO)cc1. The number of halogens is 1. The van der Waals surface area contributed by atoms with E-state index in [1.54, 1.807) is 12.1 Å². The monoisotopic (exact) mass is 823 g/mol. The molecule has 2 fully saturated rings. The van der Waals surface area contributed by atoms with Crippen molar-refractivity contribution in [2.45, 2.75) is 57.0 Å². The molecule has 2 aliphatic heterocycles. The van der Waals surface area contributed by atoms with Gasteiger partial charge in [-0.05, 0) is 107 Å². The molecule has 308 valence electrons. The summed E-state index contributed by atoms with van der Waals surface area (Å²) in [4.78, 5) is 15.2. The summed E-state index contributed by atoms with van der Waals surface area (Å²) in [6.45, 7) is 4.64. The number of benzene rings is 6. The predicted molar refractivity (Wildman–Crippen MR) is 235 cm³/mol. The number of nitrogens with zero attached hydrogens (tertiary/aromatic N) is 1. The van der Waals surface area contributed by atoms with E-state index in [-0.39, 0.29) is 30.8 Å². The zero-order valence-corrected chi connectivity index (χ0v) is 34.3. The van der Waals surface area contributed by atoms with E-state index < -0.39 is 11.9 Å². The summed E-state index contributed by atoms with van der Waals surface area (Å²) in [5.41, 5.74) is 6.40. The molecule has 2 heterocycles. The van der Waals surface area contributed by atoms with Gasteiger partial charge in [0, 0.05) is 48.4 Å². The van der Waals surface area contributed by atoms with Crippen LogP contribution in [0.25, 0.3) is 11.1 Å². The molecule has 4 N–H and O–H groups in total. The third kappa shape index (κ3) is 10.1. The molecule has 8 rings (SSSR count). The number of nitrogens with one attached hydrogen (secondary N) is 2. The number of aliphatic hydroxyl groups is 2. The maximum atomic E-state index is 12.9. The maximum Gasteiger partial charge on any atom is 0.319 e. The predicted octanol–water partition coefficient (Wildman–Crippen LogP) is 10.4. The van der Waals surface area contributed by atoms with Crippen molar-refractivity contribution in [2.24, 2.45) is 5.92 Å². The van der Waals surface area contributed by atoms with Gasteiger partial charge in [0.1, 0.15) is 11.5 Å². The Morgan fingerprint density at radius 3 is 2.17 bits per heavy atom. The highest BCUT2D eigenvalue weighted by atomic mass is 35.5. The molecule has 0 aromatic heterocycles.